The molecule has 0 fully saturated rings. The maximum absolute atomic E-state index is 10.4. The number of benzene rings is 1. The number of aromatic nitrogens is 2. The summed E-state index contributed by atoms with van der Waals surface area (Å²) in [4.78, 5) is 10.4. The van der Waals surface area contributed by atoms with Crippen LogP contribution in [-0.2, 0) is 11.4 Å². The number of rotatable bonds is 4. The average Bonchev–Trinajstić information content (AvgIpc) is 2.85. The van der Waals surface area contributed by atoms with Crippen molar-refractivity contribution in [2.24, 2.45) is 0 Å². The van der Waals surface area contributed by atoms with Gasteiger partial charge in [0.25, 0.3) is 0 Å². The Morgan fingerprint density at radius 1 is 1.42 bits per heavy atom. The number of carboxylic acids is 1. The summed E-state index contributed by atoms with van der Waals surface area (Å²) in [6.45, 7) is -0.333. The van der Waals surface area contributed by atoms with Crippen molar-refractivity contribution in [3.05, 3.63) is 40.8 Å². The van der Waals surface area contributed by atoms with Crippen molar-refractivity contribution in [2.75, 3.05) is 0 Å². The molecule has 0 atom stereocenters. The average molecular weight is 281 g/mol. The first-order valence-electron chi connectivity index (χ1n) is 5.24. The molecule has 0 bridgehead atoms. The van der Waals surface area contributed by atoms with Gasteiger partial charge in [0.05, 0.1) is 0 Å². The topological polar surface area (TPSA) is 96.5 Å². The Kier molecular flexibility index (Phi) is 3.94. The molecule has 1 heterocycles. The second-order valence-corrected chi connectivity index (χ2v) is 3.97. The Labute approximate surface area is 113 Å². The van der Waals surface area contributed by atoms with E-state index in [1.54, 1.807) is 18.2 Å². The molecule has 2 rings (SSSR count). The second kappa shape index (κ2) is 5.64. The van der Waals surface area contributed by atoms with Crippen LogP contribution in [0.15, 0.2) is 28.7 Å². The van der Waals surface area contributed by atoms with Crippen LogP contribution in [0.5, 0.6) is 0 Å². The van der Waals surface area contributed by atoms with Gasteiger partial charge < -0.3 is 14.6 Å². The predicted octanol–water partition coefficient (Wildman–Crippen LogP) is 1.98. The molecule has 0 aliphatic carbocycles. The highest BCUT2D eigenvalue weighted by molar-refractivity contribution is 6.32. The number of hydrogen-bond donors (Lipinski definition) is 2. The maximum atomic E-state index is 10.4. The molecule has 0 saturated heterocycles. The van der Waals surface area contributed by atoms with Crippen LogP contribution in [0.2, 0.25) is 5.02 Å². The van der Waals surface area contributed by atoms with E-state index in [1.807, 2.05) is 0 Å². The van der Waals surface area contributed by atoms with Crippen LogP contribution in [0.4, 0.5) is 0 Å². The molecule has 1 aromatic heterocycles. The number of aliphatic hydroxyl groups excluding tert-OH is 1. The minimum absolute atomic E-state index is 0.112. The van der Waals surface area contributed by atoms with Crippen molar-refractivity contribution in [3.8, 4) is 11.5 Å². The first kappa shape index (κ1) is 13.3. The summed E-state index contributed by atoms with van der Waals surface area (Å²) in [5.74, 6) is -0.703. The van der Waals surface area contributed by atoms with Crippen molar-refractivity contribution in [2.45, 2.75) is 6.61 Å². The smallest absolute Gasteiger partial charge is 0.328 e. The molecule has 98 valence electrons. The van der Waals surface area contributed by atoms with Crippen LogP contribution in [0, 0.1) is 0 Å². The van der Waals surface area contributed by atoms with Crippen LogP contribution < -0.4 is 0 Å². The monoisotopic (exact) mass is 280 g/mol. The lowest BCUT2D eigenvalue weighted by Gasteiger charge is -2.00. The van der Waals surface area contributed by atoms with Crippen molar-refractivity contribution >= 4 is 23.6 Å². The quantitative estimate of drug-likeness (QED) is 0.831. The summed E-state index contributed by atoms with van der Waals surface area (Å²) in [5.41, 5.74) is 1.15. The van der Waals surface area contributed by atoms with Gasteiger partial charge in [-0.15, -0.1) is 10.2 Å². The number of aliphatic carboxylic acids is 1. The van der Waals surface area contributed by atoms with Gasteiger partial charge in [-0.05, 0) is 23.8 Å². The standard InChI is InChI=1S/C12H9ClN2O4/c13-9-5-8(12-15-14-10(6-16)19-12)2-1-7(9)3-4-11(17)18/h1-5,16H,6H2,(H,17,18)/b4-3+. The predicted molar refractivity (Wildman–Crippen MR) is 67.3 cm³/mol. The lowest BCUT2D eigenvalue weighted by molar-refractivity contribution is -0.131. The Morgan fingerprint density at radius 3 is 2.79 bits per heavy atom. The summed E-state index contributed by atoms with van der Waals surface area (Å²) in [6, 6.07) is 4.89. The minimum Gasteiger partial charge on any atom is -0.478 e. The van der Waals surface area contributed by atoms with Crippen molar-refractivity contribution in [1.29, 1.82) is 0 Å². The molecule has 0 amide bonds. The van der Waals surface area contributed by atoms with E-state index in [9.17, 15) is 4.79 Å². The molecule has 0 radical (unpaired) electrons. The SMILES string of the molecule is O=C(O)/C=C/c1ccc(-c2nnc(CO)o2)cc1Cl. The van der Waals surface area contributed by atoms with Crippen molar-refractivity contribution in [1.82, 2.24) is 10.2 Å². The zero-order valence-electron chi connectivity index (χ0n) is 9.58. The van der Waals surface area contributed by atoms with Crippen LogP contribution >= 0.6 is 11.6 Å². The van der Waals surface area contributed by atoms with Crippen molar-refractivity contribution in [3.63, 3.8) is 0 Å². The molecule has 0 aliphatic rings. The Balaban J connectivity index is 2.30. The van der Waals surface area contributed by atoms with Gasteiger partial charge in [-0.2, -0.15) is 0 Å². The van der Waals surface area contributed by atoms with E-state index in [2.05, 4.69) is 10.2 Å². The van der Waals surface area contributed by atoms with Gasteiger partial charge in [-0.25, -0.2) is 4.79 Å². The fraction of sp³-hybridized carbons (Fsp3) is 0.0833. The number of aliphatic hydroxyl groups is 1. The molecule has 7 heteroatoms. The molecule has 19 heavy (non-hydrogen) atoms. The van der Waals surface area contributed by atoms with E-state index >= 15 is 0 Å². The van der Waals surface area contributed by atoms with E-state index < -0.39 is 5.97 Å². The number of hydrogen-bond acceptors (Lipinski definition) is 5. The van der Waals surface area contributed by atoms with Gasteiger partial charge in [0.2, 0.25) is 11.8 Å². The van der Waals surface area contributed by atoms with Crippen LogP contribution in [-0.4, -0.2) is 26.4 Å². The maximum Gasteiger partial charge on any atom is 0.328 e. The van der Waals surface area contributed by atoms with E-state index in [4.69, 9.17) is 26.2 Å². The summed E-state index contributed by atoms with van der Waals surface area (Å²) in [7, 11) is 0. The van der Waals surface area contributed by atoms with Gasteiger partial charge in [0, 0.05) is 16.7 Å². The number of halogens is 1. The zero-order chi connectivity index (χ0) is 13.8. The normalized spacial score (nSPS) is 11.1. The Hall–Kier alpha value is -2.18. The van der Waals surface area contributed by atoms with Crippen LogP contribution in [0.3, 0.4) is 0 Å². The van der Waals surface area contributed by atoms with Crippen LogP contribution in [0.1, 0.15) is 11.5 Å². The number of carboxylic acid groups (broad SMARTS) is 1. The minimum atomic E-state index is -1.05. The fourth-order valence-electron chi connectivity index (χ4n) is 1.39. The third kappa shape index (κ3) is 3.18. The third-order valence-corrected chi connectivity index (χ3v) is 2.58. The summed E-state index contributed by atoms with van der Waals surface area (Å²) in [6.07, 6.45) is 2.39. The second-order valence-electron chi connectivity index (χ2n) is 3.57. The third-order valence-electron chi connectivity index (χ3n) is 2.25. The highest BCUT2D eigenvalue weighted by atomic mass is 35.5. The molecule has 1 aromatic carbocycles. The van der Waals surface area contributed by atoms with E-state index in [0.717, 1.165) is 6.08 Å². The van der Waals surface area contributed by atoms with Gasteiger partial charge in [0.1, 0.15) is 6.61 Å². The van der Waals surface area contributed by atoms with E-state index in [0.29, 0.717) is 16.1 Å². The highest BCUT2D eigenvalue weighted by Gasteiger charge is 2.09. The molecule has 0 saturated carbocycles. The molecule has 6 nitrogen and oxygen atoms in total. The molecular weight excluding hydrogens is 272 g/mol. The number of nitrogens with zero attached hydrogens (tertiary/aromatic N) is 2. The highest BCUT2D eigenvalue weighted by Crippen LogP contribution is 2.25. The lowest BCUT2D eigenvalue weighted by Crippen LogP contribution is -1.86. The summed E-state index contributed by atoms with van der Waals surface area (Å²) in [5, 5.41) is 25.1. The molecule has 0 aliphatic heterocycles. The largest absolute Gasteiger partial charge is 0.478 e. The first-order valence-corrected chi connectivity index (χ1v) is 5.62. The Bertz CT molecular complexity index is 636. The summed E-state index contributed by atoms with van der Waals surface area (Å²) < 4.78 is 5.17. The van der Waals surface area contributed by atoms with Gasteiger partial charge in [0.15, 0.2) is 0 Å². The summed E-state index contributed by atoms with van der Waals surface area (Å²) >= 11 is 6.02. The Morgan fingerprint density at radius 2 is 2.21 bits per heavy atom. The molecule has 2 N–H and O–H groups in total. The van der Waals surface area contributed by atoms with E-state index in [1.165, 1.54) is 6.08 Å². The molecular formula is C12H9ClN2O4. The molecule has 0 spiro atoms. The molecule has 0 unspecified atom stereocenters. The number of carbonyl (C=O) groups is 1. The van der Waals surface area contributed by atoms with Gasteiger partial charge in [-0.1, -0.05) is 17.7 Å². The lowest BCUT2D eigenvalue weighted by atomic mass is 10.1. The zero-order valence-corrected chi connectivity index (χ0v) is 10.3. The first-order chi connectivity index (χ1) is 9.10. The van der Waals surface area contributed by atoms with Gasteiger partial charge >= 0.3 is 5.97 Å². The van der Waals surface area contributed by atoms with Gasteiger partial charge in [-0.3, -0.25) is 0 Å². The van der Waals surface area contributed by atoms with Crippen molar-refractivity contribution < 1.29 is 19.4 Å². The fourth-order valence-corrected chi connectivity index (χ4v) is 1.63. The molecule has 2 aromatic rings. The van der Waals surface area contributed by atoms with Crippen LogP contribution in [0.25, 0.3) is 17.5 Å². The van der Waals surface area contributed by atoms with E-state index in [-0.39, 0.29) is 18.4 Å².